The molecule has 0 radical (unpaired) electrons. The first kappa shape index (κ1) is 15.5. The maximum atomic E-state index is 13.3. The van der Waals surface area contributed by atoms with Crippen LogP contribution in [-0.4, -0.2) is 12.2 Å². The Morgan fingerprint density at radius 1 is 1.28 bits per heavy atom. The van der Waals surface area contributed by atoms with Gasteiger partial charge in [0.1, 0.15) is 5.67 Å². The Morgan fingerprint density at radius 3 is 2.67 bits per heavy atom. The third-order valence-electron chi connectivity index (χ3n) is 3.99. The van der Waals surface area contributed by atoms with Gasteiger partial charge in [-0.3, -0.25) is 0 Å². The summed E-state index contributed by atoms with van der Waals surface area (Å²) in [4.78, 5) is 0. The first-order chi connectivity index (χ1) is 8.37. The van der Waals surface area contributed by atoms with Crippen LogP contribution >= 0.6 is 0 Å². The number of rotatable bonds is 6. The molecule has 0 unspecified atom stereocenters. The number of allylic oxidation sites excluding steroid dienone is 1. The quantitative estimate of drug-likeness (QED) is 0.670. The van der Waals surface area contributed by atoms with Crippen molar-refractivity contribution in [3.63, 3.8) is 0 Å². The molecule has 0 bridgehead atoms. The summed E-state index contributed by atoms with van der Waals surface area (Å²) in [6.07, 6.45) is 9.09. The molecule has 18 heavy (non-hydrogen) atoms. The van der Waals surface area contributed by atoms with Gasteiger partial charge in [0.25, 0.3) is 0 Å². The van der Waals surface area contributed by atoms with Crippen LogP contribution in [-0.2, 0) is 0 Å². The second-order valence-electron chi connectivity index (χ2n) is 6.69. The Balaban J connectivity index is 2.17. The second-order valence-corrected chi connectivity index (χ2v) is 6.69. The summed E-state index contributed by atoms with van der Waals surface area (Å²) in [5.74, 6) is 1.76. The van der Waals surface area contributed by atoms with Crippen LogP contribution in [0.25, 0.3) is 0 Å². The lowest BCUT2D eigenvalue weighted by atomic mass is 9.94. The van der Waals surface area contributed by atoms with Crippen molar-refractivity contribution in [1.29, 1.82) is 0 Å². The fourth-order valence-electron chi connectivity index (χ4n) is 2.65. The van der Waals surface area contributed by atoms with Gasteiger partial charge in [-0.1, -0.05) is 45.6 Å². The van der Waals surface area contributed by atoms with Crippen molar-refractivity contribution < 1.29 is 4.39 Å². The normalized spacial score (nSPS) is 25.6. The Morgan fingerprint density at radius 2 is 2.00 bits per heavy atom. The fourth-order valence-corrected chi connectivity index (χ4v) is 2.65. The highest BCUT2D eigenvalue weighted by molar-refractivity contribution is 4.93. The van der Waals surface area contributed by atoms with E-state index in [9.17, 15) is 4.39 Å². The van der Waals surface area contributed by atoms with Gasteiger partial charge in [0.05, 0.1) is 0 Å². The lowest BCUT2D eigenvalue weighted by molar-refractivity contribution is 0.215. The first-order valence-corrected chi connectivity index (χ1v) is 7.47. The van der Waals surface area contributed by atoms with Crippen LogP contribution in [0.2, 0.25) is 0 Å². The van der Waals surface area contributed by atoms with Crippen LogP contribution < -0.4 is 5.32 Å². The Hall–Kier alpha value is -0.530. The Kier molecular flexibility index (Phi) is 6.17. The van der Waals surface area contributed by atoms with E-state index in [1.807, 2.05) is 0 Å². The van der Waals surface area contributed by atoms with Gasteiger partial charge in [-0.15, -0.1) is 0 Å². The van der Waals surface area contributed by atoms with Crippen molar-refractivity contribution >= 4 is 0 Å². The molecule has 0 aromatic carbocycles. The molecule has 0 aromatic heterocycles. The largest absolute Gasteiger partial charge is 0.386 e. The molecular formula is C16H30FN. The molecule has 1 saturated carbocycles. The molecule has 0 amide bonds. The zero-order chi connectivity index (χ0) is 13.6. The van der Waals surface area contributed by atoms with Crippen molar-refractivity contribution in [1.82, 2.24) is 5.32 Å². The van der Waals surface area contributed by atoms with Gasteiger partial charge < -0.3 is 5.32 Å². The molecule has 106 valence electrons. The smallest absolute Gasteiger partial charge is 0.122 e. The molecule has 1 aliphatic rings. The van der Waals surface area contributed by atoms with Gasteiger partial charge in [0.15, 0.2) is 0 Å². The van der Waals surface area contributed by atoms with Crippen molar-refractivity contribution in [2.75, 3.05) is 6.54 Å². The molecule has 0 aromatic rings. The third-order valence-corrected chi connectivity index (χ3v) is 3.99. The van der Waals surface area contributed by atoms with E-state index in [0.29, 0.717) is 6.54 Å². The number of hydrogen-bond acceptors (Lipinski definition) is 1. The molecule has 1 N–H and O–H groups in total. The molecule has 0 spiro atoms. The Bertz CT molecular complexity index is 254. The van der Waals surface area contributed by atoms with Gasteiger partial charge >= 0.3 is 0 Å². The maximum absolute atomic E-state index is 13.3. The van der Waals surface area contributed by atoms with E-state index in [2.05, 4.69) is 18.8 Å². The summed E-state index contributed by atoms with van der Waals surface area (Å²) in [6.45, 7) is 9.93. The van der Waals surface area contributed by atoms with E-state index < -0.39 is 5.67 Å². The lowest BCUT2D eigenvalue weighted by Crippen LogP contribution is -2.30. The fraction of sp³-hybridized carbons (Fsp3) is 0.875. The van der Waals surface area contributed by atoms with Crippen LogP contribution in [0.15, 0.2) is 12.3 Å². The molecule has 1 fully saturated rings. The Labute approximate surface area is 112 Å². The minimum atomic E-state index is -1.15. The summed E-state index contributed by atoms with van der Waals surface area (Å²) in [5, 5.41) is 3.12. The van der Waals surface area contributed by atoms with Crippen LogP contribution in [0.3, 0.4) is 0 Å². The minimum Gasteiger partial charge on any atom is -0.386 e. The standard InChI is InChI=1S/C16H30FN/c1-13-6-5-7-15(10-8-13)11-9-14(2)18-12-16(3,4)17/h13,15,18H,2,5-12H2,1,3-4H3/t13-,15-/m0/s1. The molecule has 0 saturated heterocycles. The predicted octanol–water partition coefficient (Wildman–Crippen LogP) is 4.83. The average molecular weight is 255 g/mol. The topological polar surface area (TPSA) is 12.0 Å². The van der Waals surface area contributed by atoms with Gasteiger partial charge in [-0.2, -0.15) is 0 Å². The van der Waals surface area contributed by atoms with Crippen molar-refractivity contribution in [3.05, 3.63) is 12.3 Å². The molecule has 1 rings (SSSR count). The van der Waals surface area contributed by atoms with Gasteiger partial charge in [0, 0.05) is 12.2 Å². The summed E-state index contributed by atoms with van der Waals surface area (Å²) < 4.78 is 13.3. The summed E-state index contributed by atoms with van der Waals surface area (Å²) in [7, 11) is 0. The number of alkyl halides is 1. The zero-order valence-corrected chi connectivity index (χ0v) is 12.4. The predicted molar refractivity (Wildman–Crippen MR) is 77.3 cm³/mol. The highest BCUT2D eigenvalue weighted by Crippen LogP contribution is 2.30. The van der Waals surface area contributed by atoms with E-state index >= 15 is 0 Å². The molecule has 1 nitrogen and oxygen atoms in total. The molecule has 1 aliphatic carbocycles. The summed E-state index contributed by atoms with van der Waals surface area (Å²) >= 11 is 0. The average Bonchev–Trinajstić information content (AvgIpc) is 2.48. The molecule has 0 aliphatic heterocycles. The summed E-state index contributed by atoms with van der Waals surface area (Å²) in [6, 6.07) is 0. The van der Waals surface area contributed by atoms with E-state index in [4.69, 9.17) is 0 Å². The first-order valence-electron chi connectivity index (χ1n) is 7.47. The van der Waals surface area contributed by atoms with Crippen LogP contribution in [0.5, 0.6) is 0 Å². The van der Waals surface area contributed by atoms with E-state index in [1.165, 1.54) is 38.5 Å². The van der Waals surface area contributed by atoms with Gasteiger partial charge in [-0.05, 0) is 38.5 Å². The maximum Gasteiger partial charge on any atom is 0.122 e. The van der Waals surface area contributed by atoms with E-state index in [0.717, 1.165) is 24.0 Å². The number of halogens is 1. The lowest BCUT2D eigenvalue weighted by Gasteiger charge is -2.19. The highest BCUT2D eigenvalue weighted by atomic mass is 19.1. The van der Waals surface area contributed by atoms with Crippen LogP contribution in [0, 0.1) is 11.8 Å². The molecule has 2 atom stereocenters. The van der Waals surface area contributed by atoms with Crippen LogP contribution in [0.1, 0.15) is 65.7 Å². The molecular weight excluding hydrogens is 225 g/mol. The van der Waals surface area contributed by atoms with Gasteiger partial charge in [0.2, 0.25) is 0 Å². The number of hydrogen-bond donors (Lipinski definition) is 1. The zero-order valence-electron chi connectivity index (χ0n) is 12.4. The van der Waals surface area contributed by atoms with Crippen molar-refractivity contribution in [2.24, 2.45) is 11.8 Å². The van der Waals surface area contributed by atoms with Gasteiger partial charge in [-0.25, -0.2) is 4.39 Å². The minimum absolute atomic E-state index is 0.369. The summed E-state index contributed by atoms with van der Waals surface area (Å²) in [5.41, 5.74) is -0.154. The third kappa shape index (κ3) is 7.03. The number of nitrogens with one attached hydrogen (secondary N) is 1. The molecule has 2 heteroatoms. The van der Waals surface area contributed by atoms with E-state index in [1.54, 1.807) is 13.8 Å². The van der Waals surface area contributed by atoms with Crippen LogP contribution in [0.4, 0.5) is 4.39 Å². The van der Waals surface area contributed by atoms with Crippen molar-refractivity contribution in [3.8, 4) is 0 Å². The SMILES string of the molecule is C=C(CC[C@H]1CCC[C@H](C)CC1)NCC(C)(C)F. The monoisotopic (exact) mass is 255 g/mol. The second kappa shape index (κ2) is 7.16. The molecule has 0 heterocycles. The van der Waals surface area contributed by atoms with Crippen molar-refractivity contribution in [2.45, 2.75) is 71.4 Å². The highest BCUT2D eigenvalue weighted by Gasteiger charge is 2.17. The van der Waals surface area contributed by atoms with E-state index in [-0.39, 0.29) is 0 Å².